The zero-order valence-corrected chi connectivity index (χ0v) is 7.51. The van der Waals surface area contributed by atoms with E-state index in [9.17, 15) is 0 Å². The van der Waals surface area contributed by atoms with E-state index in [-0.39, 0.29) is 0 Å². The molecule has 14 heavy (non-hydrogen) atoms. The number of nitrogens with two attached hydrogens (primary N) is 1. The normalized spacial score (nSPS) is 9.79. The highest BCUT2D eigenvalue weighted by Crippen LogP contribution is 2.16. The summed E-state index contributed by atoms with van der Waals surface area (Å²) >= 11 is 0. The Hall–Kier alpha value is -1.94. The number of nitrogen functional groups attached to an aromatic ring is 1. The van der Waals surface area contributed by atoms with Crippen LogP contribution in [0.25, 0.3) is 11.4 Å². The fraction of sp³-hybridized carbons (Fsp3) is 0. The predicted octanol–water partition coefficient (Wildman–Crippen LogP) is 1.43. The molecular formula is C10H10N4. The lowest BCUT2D eigenvalue weighted by Gasteiger charge is -2.01. The van der Waals surface area contributed by atoms with E-state index < -0.39 is 0 Å². The van der Waals surface area contributed by atoms with Gasteiger partial charge < -0.3 is 5.43 Å². The molecule has 0 bridgehead atoms. The molecule has 1 aromatic heterocycles. The third kappa shape index (κ3) is 1.70. The SMILES string of the molecule is NNc1ccc(-c2ncccn2)cc1. The van der Waals surface area contributed by atoms with Crippen LogP contribution in [0.2, 0.25) is 0 Å². The van der Waals surface area contributed by atoms with Crippen LogP contribution in [0.4, 0.5) is 5.69 Å². The predicted molar refractivity (Wildman–Crippen MR) is 55.3 cm³/mol. The number of nitrogens with zero attached hydrogens (tertiary/aromatic N) is 2. The molecule has 4 heteroatoms. The van der Waals surface area contributed by atoms with Gasteiger partial charge in [-0.2, -0.15) is 0 Å². The number of anilines is 1. The fourth-order valence-corrected chi connectivity index (χ4v) is 1.16. The smallest absolute Gasteiger partial charge is 0.159 e. The molecule has 1 aromatic carbocycles. The number of nitrogens with one attached hydrogen (secondary N) is 1. The molecule has 0 radical (unpaired) electrons. The van der Waals surface area contributed by atoms with Gasteiger partial charge in [0.15, 0.2) is 5.82 Å². The summed E-state index contributed by atoms with van der Waals surface area (Å²) < 4.78 is 0. The second-order valence-electron chi connectivity index (χ2n) is 2.79. The van der Waals surface area contributed by atoms with Crippen molar-refractivity contribution in [3.05, 3.63) is 42.7 Å². The van der Waals surface area contributed by atoms with Crippen LogP contribution >= 0.6 is 0 Å². The number of aromatic nitrogens is 2. The Morgan fingerprint density at radius 3 is 2.21 bits per heavy atom. The second-order valence-corrected chi connectivity index (χ2v) is 2.79. The van der Waals surface area contributed by atoms with E-state index in [0.717, 1.165) is 17.1 Å². The maximum Gasteiger partial charge on any atom is 0.159 e. The largest absolute Gasteiger partial charge is 0.324 e. The van der Waals surface area contributed by atoms with E-state index in [1.807, 2.05) is 24.3 Å². The number of benzene rings is 1. The third-order valence-corrected chi connectivity index (χ3v) is 1.88. The lowest BCUT2D eigenvalue weighted by molar-refractivity contribution is 1.18. The van der Waals surface area contributed by atoms with Crippen molar-refractivity contribution < 1.29 is 0 Å². The minimum absolute atomic E-state index is 0.719. The summed E-state index contributed by atoms with van der Waals surface area (Å²) in [4.78, 5) is 8.28. The standard InChI is InChI=1S/C10H10N4/c11-14-9-4-2-8(3-5-9)10-12-6-1-7-13-10/h1-7,14H,11H2. The van der Waals surface area contributed by atoms with Crippen molar-refractivity contribution in [2.75, 3.05) is 5.43 Å². The topological polar surface area (TPSA) is 63.8 Å². The quantitative estimate of drug-likeness (QED) is 0.550. The third-order valence-electron chi connectivity index (χ3n) is 1.88. The van der Waals surface area contributed by atoms with Crippen LogP contribution in [0.1, 0.15) is 0 Å². The van der Waals surface area contributed by atoms with Gasteiger partial charge in [0.1, 0.15) is 0 Å². The van der Waals surface area contributed by atoms with Gasteiger partial charge in [0.2, 0.25) is 0 Å². The molecule has 0 amide bonds. The van der Waals surface area contributed by atoms with Gasteiger partial charge in [-0.25, -0.2) is 9.97 Å². The first-order chi connectivity index (χ1) is 6.90. The van der Waals surface area contributed by atoms with E-state index in [2.05, 4.69) is 15.4 Å². The van der Waals surface area contributed by atoms with Gasteiger partial charge in [0.25, 0.3) is 0 Å². The van der Waals surface area contributed by atoms with Crippen LogP contribution < -0.4 is 11.3 Å². The van der Waals surface area contributed by atoms with Crippen molar-refractivity contribution in [3.63, 3.8) is 0 Å². The average molecular weight is 186 g/mol. The average Bonchev–Trinajstić information content (AvgIpc) is 2.30. The zero-order valence-electron chi connectivity index (χ0n) is 7.51. The lowest BCUT2D eigenvalue weighted by Crippen LogP contribution is -2.06. The van der Waals surface area contributed by atoms with Gasteiger partial charge in [-0.3, -0.25) is 5.84 Å². The highest BCUT2D eigenvalue weighted by atomic mass is 15.2. The summed E-state index contributed by atoms with van der Waals surface area (Å²) in [5.41, 5.74) is 4.41. The summed E-state index contributed by atoms with van der Waals surface area (Å²) in [6.07, 6.45) is 3.44. The summed E-state index contributed by atoms with van der Waals surface area (Å²) in [7, 11) is 0. The van der Waals surface area contributed by atoms with Crippen molar-refractivity contribution >= 4 is 5.69 Å². The van der Waals surface area contributed by atoms with Crippen LogP contribution in [0, 0.1) is 0 Å². The maximum atomic E-state index is 5.26. The molecule has 0 fully saturated rings. The molecule has 0 saturated carbocycles. The van der Waals surface area contributed by atoms with Gasteiger partial charge in [-0.05, 0) is 30.3 Å². The molecule has 2 rings (SSSR count). The van der Waals surface area contributed by atoms with Crippen molar-refractivity contribution in [2.45, 2.75) is 0 Å². The molecule has 4 nitrogen and oxygen atoms in total. The van der Waals surface area contributed by atoms with Crippen LogP contribution in [-0.4, -0.2) is 9.97 Å². The van der Waals surface area contributed by atoms with E-state index >= 15 is 0 Å². The molecule has 2 aromatic rings. The molecule has 0 saturated heterocycles. The Kier molecular flexibility index (Phi) is 2.38. The summed E-state index contributed by atoms with van der Waals surface area (Å²) in [5.74, 6) is 5.98. The second kappa shape index (κ2) is 3.85. The zero-order chi connectivity index (χ0) is 9.80. The maximum absolute atomic E-state index is 5.26. The molecule has 70 valence electrons. The Bertz CT molecular complexity index is 396. The number of hydrogen-bond donors (Lipinski definition) is 2. The molecular weight excluding hydrogens is 176 g/mol. The van der Waals surface area contributed by atoms with Crippen molar-refractivity contribution in [1.82, 2.24) is 9.97 Å². The van der Waals surface area contributed by atoms with Gasteiger partial charge >= 0.3 is 0 Å². The number of hydrogen-bond acceptors (Lipinski definition) is 4. The lowest BCUT2D eigenvalue weighted by atomic mass is 10.2. The Labute approximate surface area is 81.8 Å². The molecule has 0 spiro atoms. The highest BCUT2D eigenvalue weighted by Gasteiger charge is 1.98. The van der Waals surface area contributed by atoms with Crippen LogP contribution in [0.3, 0.4) is 0 Å². The first kappa shape index (κ1) is 8.65. The minimum Gasteiger partial charge on any atom is -0.324 e. The molecule has 1 heterocycles. The molecule has 0 aliphatic rings. The molecule has 0 atom stereocenters. The minimum atomic E-state index is 0.719. The van der Waals surface area contributed by atoms with E-state index in [1.54, 1.807) is 18.5 Å². The van der Waals surface area contributed by atoms with Gasteiger partial charge in [-0.15, -0.1) is 0 Å². The van der Waals surface area contributed by atoms with Crippen molar-refractivity contribution in [1.29, 1.82) is 0 Å². The monoisotopic (exact) mass is 186 g/mol. The van der Waals surface area contributed by atoms with E-state index in [4.69, 9.17) is 5.84 Å². The number of hydrazine groups is 1. The molecule has 0 aliphatic carbocycles. The van der Waals surface area contributed by atoms with Crippen LogP contribution in [0.5, 0.6) is 0 Å². The summed E-state index contributed by atoms with van der Waals surface area (Å²) in [5, 5.41) is 0. The molecule has 0 unspecified atom stereocenters. The Balaban J connectivity index is 2.34. The van der Waals surface area contributed by atoms with Crippen molar-refractivity contribution in [2.24, 2.45) is 5.84 Å². The van der Waals surface area contributed by atoms with Crippen LogP contribution in [-0.2, 0) is 0 Å². The summed E-state index contributed by atoms with van der Waals surface area (Å²) in [6.45, 7) is 0. The first-order valence-corrected chi connectivity index (χ1v) is 4.24. The fourth-order valence-electron chi connectivity index (χ4n) is 1.16. The number of rotatable bonds is 2. The summed E-state index contributed by atoms with van der Waals surface area (Å²) in [6, 6.07) is 9.39. The van der Waals surface area contributed by atoms with E-state index in [1.165, 1.54) is 0 Å². The molecule has 3 N–H and O–H groups in total. The van der Waals surface area contributed by atoms with E-state index in [0.29, 0.717) is 0 Å². The Morgan fingerprint density at radius 2 is 1.64 bits per heavy atom. The molecule has 0 aliphatic heterocycles. The van der Waals surface area contributed by atoms with Gasteiger partial charge in [-0.1, -0.05) is 0 Å². The highest BCUT2D eigenvalue weighted by molar-refractivity contribution is 5.59. The van der Waals surface area contributed by atoms with Gasteiger partial charge in [0.05, 0.1) is 0 Å². The first-order valence-electron chi connectivity index (χ1n) is 4.24. The van der Waals surface area contributed by atoms with Gasteiger partial charge in [0, 0.05) is 23.6 Å². The van der Waals surface area contributed by atoms with Crippen molar-refractivity contribution in [3.8, 4) is 11.4 Å². The van der Waals surface area contributed by atoms with Crippen LogP contribution in [0.15, 0.2) is 42.7 Å². The Morgan fingerprint density at radius 1 is 1.00 bits per heavy atom.